The molecule has 0 aliphatic rings. The van der Waals surface area contributed by atoms with E-state index in [9.17, 15) is 17.6 Å². The number of rotatable bonds is 9. The van der Waals surface area contributed by atoms with Gasteiger partial charge in [0.05, 0.1) is 6.26 Å². The van der Waals surface area contributed by atoms with E-state index >= 15 is 0 Å². The van der Waals surface area contributed by atoms with Crippen molar-refractivity contribution in [2.75, 3.05) is 24.7 Å². The minimum atomic E-state index is -3.44. The van der Waals surface area contributed by atoms with Gasteiger partial charge >= 0.3 is 0 Å². The number of anilines is 1. The van der Waals surface area contributed by atoms with Crippen LogP contribution in [0.4, 0.5) is 10.1 Å². The molecule has 0 saturated carbocycles. The van der Waals surface area contributed by atoms with Gasteiger partial charge in [-0.25, -0.2) is 17.1 Å². The van der Waals surface area contributed by atoms with Gasteiger partial charge in [0.2, 0.25) is 15.9 Å². The van der Waals surface area contributed by atoms with E-state index in [4.69, 9.17) is 0 Å². The summed E-state index contributed by atoms with van der Waals surface area (Å²) >= 11 is 0. The Morgan fingerprint density at radius 1 is 1.00 bits per heavy atom. The molecule has 2 aromatic rings. The molecule has 5 nitrogen and oxygen atoms in total. The second-order valence-corrected chi connectivity index (χ2v) is 8.37. The standard InChI is InChI=1S/C20H25FN2O3S/c1-3-16-6-10-19(11-7-16)22-20(24)13-15-23(27(2,25)26)14-12-17-4-8-18(21)9-5-17/h4-11H,3,12-15H2,1-2H3,(H,22,24). The van der Waals surface area contributed by atoms with Gasteiger partial charge in [0.15, 0.2) is 0 Å². The Labute approximate surface area is 160 Å². The van der Waals surface area contributed by atoms with Crippen molar-refractivity contribution in [3.05, 3.63) is 65.5 Å². The zero-order valence-corrected chi connectivity index (χ0v) is 16.4. The van der Waals surface area contributed by atoms with Crippen LogP contribution in [0, 0.1) is 5.82 Å². The first-order valence-corrected chi connectivity index (χ1v) is 10.7. The Bertz CT molecular complexity index is 850. The molecule has 0 aliphatic carbocycles. The molecule has 1 amide bonds. The molecule has 0 spiro atoms. The zero-order chi connectivity index (χ0) is 19.9. The number of aryl methyl sites for hydroxylation is 1. The predicted octanol–water partition coefficient (Wildman–Crippen LogP) is 3.22. The fourth-order valence-electron chi connectivity index (χ4n) is 2.62. The lowest BCUT2D eigenvalue weighted by Crippen LogP contribution is -2.34. The third-order valence-corrected chi connectivity index (χ3v) is 5.57. The lowest BCUT2D eigenvalue weighted by Gasteiger charge is -2.19. The monoisotopic (exact) mass is 392 g/mol. The van der Waals surface area contributed by atoms with Crippen LogP contribution in [0.5, 0.6) is 0 Å². The van der Waals surface area contributed by atoms with Crippen LogP contribution in [0.15, 0.2) is 48.5 Å². The molecule has 0 atom stereocenters. The minimum absolute atomic E-state index is 0.0615. The van der Waals surface area contributed by atoms with Crippen LogP contribution >= 0.6 is 0 Å². The first-order valence-electron chi connectivity index (χ1n) is 8.86. The first kappa shape index (κ1) is 21.1. The molecule has 27 heavy (non-hydrogen) atoms. The van der Waals surface area contributed by atoms with Gasteiger partial charge in [-0.3, -0.25) is 4.79 Å². The Morgan fingerprint density at radius 3 is 2.15 bits per heavy atom. The zero-order valence-electron chi connectivity index (χ0n) is 15.6. The largest absolute Gasteiger partial charge is 0.326 e. The van der Waals surface area contributed by atoms with Crippen molar-refractivity contribution in [2.24, 2.45) is 0 Å². The van der Waals surface area contributed by atoms with Gasteiger partial charge in [-0.2, -0.15) is 0 Å². The van der Waals surface area contributed by atoms with E-state index < -0.39 is 10.0 Å². The number of carbonyl (C=O) groups is 1. The van der Waals surface area contributed by atoms with E-state index in [-0.39, 0.29) is 31.2 Å². The highest BCUT2D eigenvalue weighted by Crippen LogP contribution is 2.11. The Balaban J connectivity index is 1.89. The topological polar surface area (TPSA) is 66.5 Å². The Hall–Kier alpha value is -2.25. The number of benzene rings is 2. The van der Waals surface area contributed by atoms with Crippen LogP contribution in [0.3, 0.4) is 0 Å². The molecule has 0 aliphatic heterocycles. The van der Waals surface area contributed by atoms with E-state index in [1.54, 1.807) is 12.1 Å². The maximum absolute atomic E-state index is 13.0. The molecule has 7 heteroatoms. The molecule has 1 N–H and O–H groups in total. The van der Waals surface area contributed by atoms with Gasteiger partial charge in [0.25, 0.3) is 0 Å². The van der Waals surface area contributed by atoms with Gasteiger partial charge in [-0.1, -0.05) is 31.2 Å². The lowest BCUT2D eigenvalue weighted by atomic mass is 10.1. The third-order valence-electron chi connectivity index (χ3n) is 4.27. The maximum atomic E-state index is 13.0. The summed E-state index contributed by atoms with van der Waals surface area (Å²) in [5.74, 6) is -0.572. The van der Waals surface area contributed by atoms with Crippen molar-refractivity contribution < 1.29 is 17.6 Å². The molecule has 0 radical (unpaired) electrons. The van der Waals surface area contributed by atoms with E-state index in [2.05, 4.69) is 12.2 Å². The van der Waals surface area contributed by atoms with Crippen molar-refractivity contribution >= 4 is 21.6 Å². The highest BCUT2D eigenvalue weighted by Gasteiger charge is 2.18. The molecule has 0 fully saturated rings. The normalized spacial score (nSPS) is 11.6. The van der Waals surface area contributed by atoms with Gasteiger partial charge in [-0.15, -0.1) is 0 Å². The van der Waals surface area contributed by atoms with Gasteiger partial charge in [-0.05, 0) is 48.2 Å². The fourth-order valence-corrected chi connectivity index (χ4v) is 3.47. The summed E-state index contributed by atoms with van der Waals surface area (Å²) in [6, 6.07) is 13.5. The summed E-state index contributed by atoms with van der Waals surface area (Å²) in [5.41, 5.74) is 2.71. The van der Waals surface area contributed by atoms with Crippen LogP contribution in [0.25, 0.3) is 0 Å². The molecule has 0 heterocycles. The SMILES string of the molecule is CCc1ccc(NC(=O)CCN(CCc2ccc(F)cc2)S(C)(=O)=O)cc1. The summed E-state index contributed by atoms with van der Waals surface area (Å²) in [5, 5.41) is 2.78. The number of halogens is 1. The van der Waals surface area contributed by atoms with Crippen LogP contribution in [0.2, 0.25) is 0 Å². The van der Waals surface area contributed by atoms with E-state index in [1.165, 1.54) is 22.0 Å². The van der Waals surface area contributed by atoms with E-state index in [1.807, 2.05) is 24.3 Å². The predicted molar refractivity (Wildman–Crippen MR) is 106 cm³/mol. The number of hydrogen-bond acceptors (Lipinski definition) is 3. The van der Waals surface area contributed by atoms with Crippen molar-refractivity contribution in [3.63, 3.8) is 0 Å². The highest BCUT2D eigenvalue weighted by molar-refractivity contribution is 7.88. The van der Waals surface area contributed by atoms with Crippen molar-refractivity contribution in [1.29, 1.82) is 0 Å². The number of hydrogen-bond donors (Lipinski definition) is 1. The minimum Gasteiger partial charge on any atom is -0.326 e. The van der Waals surface area contributed by atoms with Crippen LogP contribution in [0.1, 0.15) is 24.5 Å². The summed E-state index contributed by atoms with van der Waals surface area (Å²) in [6.07, 6.45) is 2.56. The number of amides is 1. The summed E-state index contributed by atoms with van der Waals surface area (Å²) in [4.78, 5) is 12.1. The number of sulfonamides is 1. The smallest absolute Gasteiger partial charge is 0.225 e. The van der Waals surface area contributed by atoms with Gasteiger partial charge in [0.1, 0.15) is 5.82 Å². The molecule has 0 aromatic heterocycles. The summed E-state index contributed by atoms with van der Waals surface area (Å²) in [6.45, 7) is 2.39. The molecule has 146 valence electrons. The third kappa shape index (κ3) is 7.11. The second kappa shape index (κ2) is 9.62. The van der Waals surface area contributed by atoms with Gasteiger partial charge in [0, 0.05) is 25.2 Å². The Kier molecular flexibility index (Phi) is 7.50. The highest BCUT2D eigenvalue weighted by atomic mass is 32.2. The molecule has 0 bridgehead atoms. The van der Waals surface area contributed by atoms with Crippen molar-refractivity contribution in [2.45, 2.75) is 26.2 Å². The average Bonchev–Trinajstić information content (AvgIpc) is 2.62. The Morgan fingerprint density at radius 2 is 1.59 bits per heavy atom. The number of carbonyl (C=O) groups excluding carboxylic acids is 1. The van der Waals surface area contributed by atoms with Crippen LogP contribution < -0.4 is 5.32 Å². The second-order valence-electron chi connectivity index (χ2n) is 6.39. The molecule has 0 unspecified atom stereocenters. The van der Waals surface area contributed by atoms with Crippen LogP contribution in [-0.4, -0.2) is 38.0 Å². The number of nitrogens with one attached hydrogen (secondary N) is 1. The number of nitrogens with zero attached hydrogens (tertiary/aromatic N) is 1. The van der Waals surface area contributed by atoms with Gasteiger partial charge < -0.3 is 5.32 Å². The molecular formula is C20H25FN2O3S. The summed E-state index contributed by atoms with van der Waals surface area (Å²) in [7, 11) is -3.44. The molecule has 2 rings (SSSR count). The lowest BCUT2D eigenvalue weighted by molar-refractivity contribution is -0.116. The maximum Gasteiger partial charge on any atom is 0.225 e. The quantitative estimate of drug-likeness (QED) is 0.713. The molecule has 2 aromatic carbocycles. The van der Waals surface area contributed by atoms with E-state index in [0.717, 1.165) is 18.2 Å². The van der Waals surface area contributed by atoms with E-state index in [0.29, 0.717) is 12.1 Å². The van der Waals surface area contributed by atoms with Crippen molar-refractivity contribution in [1.82, 2.24) is 4.31 Å². The fraction of sp³-hybridized carbons (Fsp3) is 0.350. The van der Waals surface area contributed by atoms with Crippen molar-refractivity contribution in [3.8, 4) is 0 Å². The average molecular weight is 392 g/mol. The molecule has 0 saturated heterocycles. The first-order chi connectivity index (χ1) is 12.8. The van der Waals surface area contributed by atoms with Crippen LogP contribution in [-0.2, 0) is 27.7 Å². The summed E-state index contributed by atoms with van der Waals surface area (Å²) < 4.78 is 38.2. The molecular weight excluding hydrogens is 367 g/mol.